The summed E-state index contributed by atoms with van der Waals surface area (Å²) < 4.78 is 31.4. The van der Waals surface area contributed by atoms with Crippen molar-refractivity contribution in [2.45, 2.75) is 30.9 Å². The minimum Gasteiger partial charge on any atom is -0.451 e. The van der Waals surface area contributed by atoms with Gasteiger partial charge in [-0.1, -0.05) is 12.1 Å². The number of hydrogen-bond donors (Lipinski definition) is 1. The van der Waals surface area contributed by atoms with Crippen LogP contribution in [0.1, 0.15) is 19.4 Å². The highest BCUT2D eigenvalue weighted by Gasteiger charge is 2.31. The lowest BCUT2D eigenvalue weighted by Crippen LogP contribution is -2.37. The molecule has 0 unspecified atom stereocenters. The van der Waals surface area contributed by atoms with Crippen LogP contribution in [-0.2, 0) is 24.3 Å². The summed E-state index contributed by atoms with van der Waals surface area (Å²) >= 11 is 0. The van der Waals surface area contributed by atoms with Crippen LogP contribution >= 0.6 is 0 Å². The Morgan fingerprint density at radius 3 is 2.46 bits per heavy atom. The zero-order chi connectivity index (χ0) is 18.1. The maximum absolute atomic E-state index is 12.1. The second-order valence-corrected chi connectivity index (χ2v) is 7.22. The molecule has 0 bridgehead atoms. The summed E-state index contributed by atoms with van der Waals surface area (Å²) in [5, 5.41) is 0. The standard InChI is InChI=1S/C15H19N3O5S/c1-9(15(20)23-10(2)14(19)18(3)4)16-13-11-7-5-6-8-12(11)24(21,22)17-13/h5-10H,1-4H3,(H,16,17)/t9-,10+/m0/s1. The van der Waals surface area contributed by atoms with Crippen LogP contribution in [0, 0.1) is 0 Å². The van der Waals surface area contributed by atoms with Gasteiger partial charge in [0.25, 0.3) is 15.9 Å². The molecule has 8 nitrogen and oxygen atoms in total. The number of ether oxygens (including phenoxy) is 1. The predicted molar refractivity (Wildman–Crippen MR) is 87.0 cm³/mol. The highest BCUT2D eigenvalue weighted by atomic mass is 32.2. The Kier molecular flexibility index (Phi) is 4.93. The first-order valence-electron chi connectivity index (χ1n) is 7.25. The lowest BCUT2D eigenvalue weighted by atomic mass is 10.2. The molecule has 0 fully saturated rings. The fourth-order valence-electron chi connectivity index (χ4n) is 2.16. The van der Waals surface area contributed by atoms with Crippen molar-refractivity contribution in [1.29, 1.82) is 0 Å². The van der Waals surface area contributed by atoms with Gasteiger partial charge in [-0.25, -0.2) is 13.2 Å². The van der Waals surface area contributed by atoms with Crippen molar-refractivity contribution in [3.63, 3.8) is 0 Å². The fourth-order valence-corrected chi connectivity index (χ4v) is 3.40. The maximum atomic E-state index is 12.1. The number of nitrogens with zero attached hydrogens (tertiary/aromatic N) is 2. The van der Waals surface area contributed by atoms with E-state index >= 15 is 0 Å². The molecule has 1 aromatic carbocycles. The number of nitrogens with one attached hydrogen (secondary N) is 1. The number of rotatable bonds is 4. The second-order valence-electron chi connectivity index (χ2n) is 5.57. The molecule has 1 aliphatic rings. The molecule has 1 amide bonds. The van der Waals surface area contributed by atoms with Gasteiger partial charge in [-0.3, -0.25) is 14.5 Å². The average Bonchev–Trinajstić information content (AvgIpc) is 2.77. The Labute approximate surface area is 140 Å². The van der Waals surface area contributed by atoms with E-state index in [4.69, 9.17) is 4.74 Å². The van der Waals surface area contributed by atoms with E-state index in [2.05, 4.69) is 9.71 Å². The topological polar surface area (TPSA) is 105 Å². The van der Waals surface area contributed by atoms with E-state index in [0.29, 0.717) is 5.56 Å². The third kappa shape index (κ3) is 3.56. The van der Waals surface area contributed by atoms with Gasteiger partial charge >= 0.3 is 5.97 Å². The third-order valence-electron chi connectivity index (χ3n) is 3.41. The Morgan fingerprint density at radius 1 is 1.21 bits per heavy atom. The van der Waals surface area contributed by atoms with Crippen LogP contribution in [0.5, 0.6) is 0 Å². The first-order chi connectivity index (χ1) is 11.1. The molecule has 1 N–H and O–H groups in total. The summed E-state index contributed by atoms with van der Waals surface area (Å²) in [4.78, 5) is 29.3. The molecule has 0 saturated heterocycles. The largest absolute Gasteiger partial charge is 0.451 e. The van der Waals surface area contributed by atoms with Crippen molar-refractivity contribution in [3.05, 3.63) is 29.8 Å². The van der Waals surface area contributed by atoms with Gasteiger partial charge in [0.1, 0.15) is 11.9 Å². The van der Waals surface area contributed by atoms with Crippen molar-refractivity contribution >= 4 is 27.7 Å². The number of likely N-dealkylation sites (N-methyl/N-ethyl adjacent to an activating group) is 1. The molecule has 1 aliphatic heterocycles. The van der Waals surface area contributed by atoms with Crippen LogP contribution in [0.25, 0.3) is 0 Å². The number of esters is 1. The van der Waals surface area contributed by atoms with Crippen LogP contribution in [-0.4, -0.2) is 57.3 Å². The molecule has 0 spiro atoms. The van der Waals surface area contributed by atoms with Gasteiger partial charge in [0.2, 0.25) is 0 Å². The third-order valence-corrected chi connectivity index (χ3v) is 4.81. The Hall–Kier alpha value is -2.42. The molecule has 1 heterocycles. The minimum atomic E-state index is -3.67. The van der Waals surface area contributed by atoms with E-state index in [9.17, 15) is 18.0 Å². The molecule has 0 saturated carbocycles. The number of carbonyl (C=O) groups excluding carboxylic acids is 2. The quantitative estimate of drug-likeness (QED) is 0.775. The summed E-state index contributed by atoms with van der Waals surface area (Å²) in [6, 6.07) is 5.37. The van der Waals surface area contributed by atoms with Crippen LogP contribution in [0.3, 0.4) is 0 Å². The van der Waals surface area contributed by atoms with Crippen molar-refractivity contribution in [3.8, 4) is 0 Å². The van der Waals surface area contributed by atoms with Gasteiger partial charge in [-0.05, 0) is 26.0 Å². The highest BCUT2D eigenvalue weighted by molar-refractivity contribution is 7.90. The van der Waals surface area contributed by atoms with E-state index in [-0.39, 0.29) is 16.6 Å². The molecule has 24 heavy (non-hydrogen) atoms. The number of fused-ring (bicyclic) bond motifs is 1. The molecule has 2 rings (SSSR count). The van der Waals surface area contributed by atoms with E-state index in [1.54, 1.807) is 32.3 Å². The first kappa shape index (κ1) is 17.9. The number of benzene rings is 1. The van der Waals surface area contributed by atoms with Crippen LogP contribution in [0.4, 0.5) is 0 Å². The van der Waals surface area contributed by atoms with Gasteiger partial charge in [0.15, 0.2) is 6.10 Å². The van der Waals surface area contributed by atoms with Gasteiger partial charge in [-0.15, -0.1) is 0 Å². The van der Waals surface area contributed by atoms with Gasteiger partial charge in [0, 0.05) is 19.7 Å². The van der Waals surface area contributed by atoms with Gasteiger partial charge in [0.05, 0.1) is 4.90 Å². The van der Waals surface area contributed by atoms with Crippen molar-refractivity contribution in [2.75, 3.05) is 14.1 Å². The fraction of sp³-hybridized carbons (Fsp3) is 0.400. The summed E-state index contributed by atoms with van der Waals surface area (Å²) in [7, 11) is -0.555. The molecule has 0 radical (unpaired) electrons. The summed E-state index contributed by atoms with van der Waals surface area (Å²) in [5.41, 5.74) is 0.398. The zero-order valence-electron chi connectivity index (χ0n) is 13.8. The number of carbonyl (C=O) groups is 2. The normalized spacial score (nSPS) is 19.1. The smallest absolute Gasteiger partial charge is 0.331 e. The lowest BCUT2D eigenvalue weighted by molar-refractivity contribution is -0.158. The van der Waals surface area contributed by atoms with Crippen molar-refractivity contribution < 1.29 is 22.7 Å². The van der Waals surface area contributed by atoms with Gasteiger partial charge < -0.3 is 9.64 Å². The average molecular weight is 353 g/mol. The molecular formula is C15H19N3O5S. The minimum absolute atomic E-state index is 0.0849. The van der Waals surface area contributed by atoms with E-state index in [1.165, 1.54) is 24.8 Å². The SMILES string of the molecule is C[C@H](N=C1NS(=O)(=O)c2ccccc21)C(=O)O[C@H](C)C(=O)N(C)C. The number of hydrogen-bond acceptors (Lipinski definition) is 6. The summed E-state index contributed by atoms with van der Waals surface area (Å²) in [6.07, 6.45) is -0.942. The molecule has 2 atom stereocenters. The maximum Gasteiger partial charge on any atom is 0.331 e. The molecular weight excluding hydrogens is 334 g/mol. The molecule has 130 valence electrons. The van der Waals surface area contributed by atoms with E-state index < -0.39 is 28.1 Å². The summed E-state index contributed by atoms with van der Waals surface area (Å²) in [5.74, 6) is -0.981. The number of aliphatic imine (C=N–C) groups is 1. The molecule has 9 heteroatoms. The molecule has 0 aromatic heterocycles. The predicted octanol–water partition coefficient (Wildman–Crippen LogP) is 0.133. The Bertz CT molecular complexity index is 801. The van der Waals surface area contributed by atoms with Crippen molar-refractivity contribution in [2.24, 2.45) is 4.99 Å². The highest BCUT2D eigenvalue weighted by Crippen LogP contribution is 2.22. The number of amides is 1. The second kappa shape index (κ2) is 6.60. The molecule has 1 aromatic rings. The lowest BCUT2D eigenvalue weighted by Gasteiger charge is -2.18. The van der Waals surface area contributed by atoms with Crippen LogP contribution in [0.2, 0.25) is 0 Å². The number of amidine groups is 1. The Balaban J connectivity index is 2.17. The summed E-state index contributed by atoms with van der Waals surface area (Å²) in [6.45, 7) is 2.94. The monoisotopic (exact) mass is 353 g/mol. The zero-order valence-corrected chi connectivity index (χ0v) is 14.6. The van der Waals surface area contributed by atoms with Crippen LogP contribution in [0.15, 0.2) is 34.2 Å². The molecule has 0 aliphatic carbocycles. The van der Waals surface area contributed by atoms with Crippen LogP contribution < -0.4 is 4.72 Å². The van der Waals surface area contributed by atoms with E-state index in [0.717, 1.165) is 0 Å². The first-order valence-corrected chi connectivity index (χ1v) is 8.73. The van der Waals surface area contributed by atoms with Crippen molar-refractivity contribution in [1.82, 2.24) is 9.62 Å². The van der Waals surface area contributed by atoms with Gasteiger partial charge in [-0.2, -0.15) is 0 Å². The number of sulfonamides is 1. The van der Waals surface area contributed by atoms with E-state index in [1.807, 2.05) is 0 Å². The Morgan fingerprint density at radius 2 is 1.83 bits per heavy atom.